The quantitative estimate of drug-likeness (QED) is 0.893. The number of carbonyl (C=O) groups is 1. The van der Waals surface area contributed by atoms with Crippen molar-refractivity contribution in [2.24, 2.45) is 17.8 Å². The van der Waals surface area contributed by atoms with E-state index in [9.17, 15) is 4.79 Å². The molecule has 108 valence electrons. The fourth-order valence-electron chi connectivity index (χ4n) is 3.84. The highest BCUT2D eigenvalue weighted by molar-refractivity contribution is 9.10. The molecular weight excluding hydrogens is 318 g/mol. The number of rotatable bonds is 4. The summed E-state index contributed by atoms with van der Waals surface area (Å²) in [6.45, 7) is 0. The molecule has 0 saturated heterocycles. The average Bonchev–Trinajstić information content (AvgIpc) is 3.01. The molecule has 2 aliphatic rings. The Kier molecular flexibility index (Phi) is 4.01. The number of hydrogen-bond donors (Lipinski definition) is 1. The van der Waals surface area contributed by atoms with Crippen molar-refractivity contribution in [2.75, 3.05) is 12.4 Å². The molecule has 2 aliphatic carbocycles. The topological polar surface area (TPSA) is 38.3 Å². The lowest BCUT2D eigenvalue weighted by Gasteiger charge is -2.21. The van der Waals surface area contributed by atoms with Gasteiger partial charge in [-0.3, -0.25) is 4.79 Å². The Labute approximate surface area is 128 Å². The lowest BCUT2D eigenvalue weighted by Crippen LogP contribution is -2.20. The molecule has 3 atom stereocenters. The minimum Gasteiger partial charge on any atom is -0.495 e. The summed E-state index contributed by atoms with van der Waals surface area (Å²) in [6.07, 6.45) is 5.94. The number of fused-ring (bicyclic) bond motifs is 2. The lowest BCUT2D eigenvalue weighted by molar-refractivity contribution is -0.117. The van der Waals surface area contributed by atoms with Gasteiger partial charge in [0.1, 0.15) is 5.75 Å². The highest BCUT2D eigenvalue weighted by Crippen LogP contribution is 2.49. The van der Waals surface area contributed by atoms with Crippen LogP contribution in [0.5, 0.6) is 5.75 Å². The maximum absolute atomic E-state index is 12.2. The van der Waals surface area contributed by atoms with Crippen molar-refractivity contribution < 1.29 is 9.53 Å². The normalized spacial score (nSPS) is 27.6. The number of anilines is 1. The van der Waals surface area contributed by atoms with E-state index >= 15 is 0 Å². The average molecular weight is 338 g/mol. The minimum atomic E-state index is 0.110. The van der Waals surface area contributed by atoms with Gasteiger partial charge in [0, 0.05) is 10.9 Å². The van der Waals surface area contributed by atoms with Gasteiger partial charge in [-0.25, -0.2) is 0 Å². The highest BCUT2D eigenvalue weighted by Gasteiger charge is 2.40. The van der Waals surface area contributed by atoms with Crippen LogP contribution in [0.1, 0.15) is 32.1 Å². The van der Waals surface area contributed by atoms with Crippen molar-refractivity contribution >= 4 is 27.5 Å². The number of methoxy groups -OCH3 is 1. The number of benzene rings is 1. The molecule has 0 radical (unpaired) electrons. The third-order valence-electron chi connectivity index (χ3n) is 4.77. The zero-order valence-electron chi connectivity index (χ0n) is 11.7. The third-order valence-corrected chi connectivity index (χ3v) is 5.26. The molecule has 0 heterocycles. The zero-order valence-corrected chi connectivity index (χ0v) is 13.3. The standard InChI is InChI=1S/C16H20BrNO2/c1-20-15-5-4-13(17)9-14(15)18-16(19)8-12-7-10-2-3-11(12)6-10/h4-5,9-12H,2-3,6-8H2,1H3,(H,18,19). The van der Waals surface area contributed by atoms with Gasteiger partial charge in [-0.15, -0.1) is 0 Å². The van der Waals surface area contributed by atoms with Crippen molar-refractivity contribution in [1.82, 2.24) is 0 Å². The molecule has 0 spiro atoms. The molecule has 1 amide bonds. The number of hydrogen-bond acceptors (Lipinski definition) is 2. The third kappa shape index (κ3) is 2.85. The number of amides is 1. The van der Waals surface area contributed by atoms with Gasteiger partial charge >= 0.3 is 0 Å². The Hall–Kier alpha value is -1.03. The Bertz CT molecular complexity index is 517. The Morgan fingerprint density at radius 3 is 2.90 bits per heavy atom. The van der Waals surface area contributed by atoms with Gasteiger partial charge in [-0.1, -0.05) is 22.4 Å². The van der Waals surface area contributed by atoms with Crippen molar-refractivity contribution in [3.63, 3.8) is 0 Å². The van der Waals surface area contributed by atoms with Crippen LogP contribution in [0.2, 0.25) is 0 Å². The van der Waals surface area contributed by atoms with Crippen LogP contribution in [0.3, 0.4) is 0 Å². The molecular formula is C16H20BrNO2. The predicted octanol–water partition coefficient (Wildman–Crippen LogP) is 4.22. The van der Waals surface area contributed by atoms with Gasteiger partial charge < -0.3 is 10.1 Å². The minimum absolute atomic E-state index is 0.110. The van der Waals surface area contributed by atoms with Crippen LogP contribution in [0, 0.1) is 17.8 Å². The number of carbonyl (C=O) groups excluding carboxylic acids is 1. The predicted molar refractivity (Wildman–Crippen MR) is 82.9 cm³/mol. The first kappa shape index (κ1) is 13.9. The van der Waals surface area contributed by atoms with Gasteiger partial charge in [-0.2, -0.15) is 0 Å². The molecule has 20 heavy (non-hydrogen) atoms. The van der Waals surface area contributed by atoms with E-state index in [4.69, 9.17) is 4.74 Å². The van der Waals surface area contributed by atoms with E-state index in [0.717, 1.165) is 22.0 Å². The first-order chi connectivity index (χ1) is 9.65. The van der Waals surface area contributed by atoms with Crippen LogP contribution >= 0.6 is 15.9 Å². The van der Waals surface area contributed by atoms with Crippen molar-refractivity contribution in [1.29, 1.82) is 0 Å². The van der Waals surface area contributed by atoms with Crippen molar-refractivity contribution in [3.8, 4) is 5.75 Å². The molecule has 1 N–H and O–H groups in total. The van der Waals surface area contributed by atoms with E-state index in [1.54, 1.807) is 7.11 Å². The molecule has 4 heteroatoms. The summed E-state index contributed by atoms with van der Waals surface area (Å²) in [7, 11) is 1.62. The maximum Gasteiger partial charge on any atom is 0.224 e. The fraction of sp³-hybridized carbons (Fsp3) is 0.562. The summed E-state index contributed by atoms with van der Waals surface area (Å²) < 4.78 is 6.22. The van der Waals surface area contributed by atoms with Gasteiger partial charge in [-0.05, 0) is 55.2 Å². The summed E-state index contributed by atoms with van der Waals surface area (Å²) in [5, 5.41) is 2.99. The van der Waals surface area contributed by atoms with E-state index in [0.29, 0.717) is 18.1 Å². The zero-order chi connectivity index (χ0) is 14.1. The summed E-state index contributed by atoms with van der Waals surface area (Å²) >= 11 is 3.42. The number of ether oxygens (including phenoxy) is 1. The molecule has 3 unspecified atom stereocenters. The molecule has 0 aliphatic heterocycles. The van der Waals surface area contributed by atoms with E-state index in [-0.39, 0.29) is 5.91 Å². The van der Waals surface area contributed by atoms with Crippen molar-refractivity contribution in [2.45, 2.75) is 32.1 Å². The first-order valence-corrected chi connectivity index (χ1v) is 8.08. The Balaban J connectivity index is 1.63. The summed E-state index contributed by atoms with van der Waals surface area (Å²) in [5.41, 5.74) is 0.745. The molecule has 3 nitrogen and oxygen atoms in total. The second-order valence-corrected chi connectivity index (χ2v) is 6.95. The summed E-state index contributed by atoms with van der Waals surface area (Å²) in [6, 6.07) is 5.65. The van der Waals surface area contributed by atoms with E-state index in [1.165, 1.54) is 25.7 Å². The summed E-state index contributed by atoms with van der Waals surface area (Å²) in [5.74, 6) is 3.08. The smallest absolute Gasteiger partial charge is 0.224 e. The van der Waals surface area contributed by atoms with Gasteiger partial charge in [0.15, 0.2) is 0 Å². The van der Waals surface area contributed by atoms with Gasteiger partial charge in [0.05, 0.1) is 12.8 Å². The van der Waals surface area contributed by atoms with Crippen LogP contribution in [0.25, 0.3) is 0 Å². The maximum atomic E-state index is 12.2. The van der Waals surface area contributed by atoms with Crippen molar-refractivity contribution in [3.05, 3.63) is 22.7 Å². The SMILES string of the molecule is COc1ccc(Br)cc1NC(=O)CC1CC2CCC1C2. The molecule has 3 rings (SSSR count). The van der Waals surface area contributed by atoms with E-state index < -0.39 is 0 Å². The largest absolute Gasteiger partial charge is 0.495 e. The fourth-order valence-corrected chi connectivity index (χ4v) is 4.20. The van der Waals surface area contributed by atoms with Crippen LogP contribution in [0.4, 0.5) is 5.69 Å². The number of nitrogens with one attached hydrogen (secondary N) is 1. The Morgan fingerprint density at radius 1 is 1.40 bits per heavy atom. The van der Waals surface area contributed by atoms with E-state index in [1.807, 2.05) is 18.2 Å². The van der Waals surface area contributed by atoms with Crippen LogP contribution in [-0.2, 0) is 4.79 Å². The molecule has 1 aromatic carbocycles. The molecule has 0 aromatic heterocycles. The van der Waals surface area contributed by atoms with Crippen LogP contribution < -0.4 is 10.1 Å². The Morgan fingerprint density at radius 2 is 2.25 bits per heavy atom. The molecule has 2 fully saturated rings. The summed E-state index contributed by atoms with van der Waals surface area (Å²) in [4.78, 5) is 12.2. The van der Waals surface area contributed by atoms with Gasteiger partial charge in [0.2, 0.25) is 5.91 Å². The number of halogens is 1. The van der Waals surface area contributed by atoms with Gasteiger partial charge in [0.25, 0.3) is 0 Å². The molecule has 2 saturated carbocycles. The molecule has 2 bridgehead atoms. The van der Waals surface area contributed by atoms with Crippen LogP contribution in [-0.4, -0.2) is 13.0 Å². The first-order valence-electron chi connectivity index (χ1n) is 7.29. The highest BCUT2D eigenvalue weighted by atomic mass is 79.9. The second kappa shape index (κ2) is 5.76. The van der Waals surface area contributed by atoms with Crippen LogP contribution in [0.15, 0.2) is 22.7 Å². The monoisotopic (exact) mass is 337 g/mol. The van der Waals surface area contributed by atoms with E-state index in [2.05, 4.69) is 21.2 Å². The molecule has 1 aromatic rings. The second-order valence-electron chi connectivity index (χ2n) is 6.03. The lowest BCUT2D eigenvalue weighted by atomic mass is 9.86.